The predicted octanol–water partition coefficient (Wildman–Crippen LogP) is 3.28. The largest absolute Gasteiger partial charge is 0.341 e. The molecule has 0 N–H and O–H groups in total. The Labute approximate surface area is 165 Å². The first-order chi connectivity index (χ1) is 13.5. The smallest absolute Gasteiger partial charge is 0.294 e. The van der Waals surface area contributed by atoms with Crippen molar-refractivity contribution in [2.45, 2.75) is 12.8 Å². The van der Waals surface area contributed by atoms with Gasteiger partial charge in [0.25, 0.3) is 11.1 Å². The van der Waals surface area contributed by atoms with Crippen LogP contribution in [0.4, 0.5) is 9.18 Å². The molecule has 3 amide bonds. The minimum Gasteiger partial charge on any atom is -0.341 e. The number of aromatic nitrogens is 1. The number of halogens is 1. The average Bonchev–Trinajstić information content (AvgIpc) is 3.41. The van der Waals surface area contributed by atoms with E-state index in [4.69, 9.17) is 0 Å². The Morgan fingerprint density at radius 1 is 1.11 bits per heavy atom. The Kier molecular flexibility index (Phi) is 5.04. The molecule has 2 aliphatic heterocycles. The van der Waals surface area contributed by atoms with Crippen LogP contribution in [-0.4, -0.2) is 51.1 Å². The van der Waals surface area contributed by atoms with Gasteiger partial charge in [-0.15, -0.1) is 0 Å². The summed E-state index contributed by atoms with van der Waals surface area (Å²) in [6.45, 7) is 1.13. The van der Waals surface area contributed by atoms with E-state index in [9.17, 15) is 18.8 Å². The summed E-state index contributed by atoms with van der Waals surface area (Å²) in [7, 11) is 0. The number of amides is 3. The molecule has 0 atom stereocenters. The molecule has 6 nitrogen and oxygen atoms in total. The topological polar surface area (TPSA) is 62.6 Å². The minimum absolute atomic E-state index is 0.198. The first-order valence-electron chi connectivity index (χ1n) is 8.99. The number of imide groups is 1. The Morgan fingerprint density at radius 2 is 1.82 bits per heavy atom. The third-order valence-electron chi connectivity index (χ3n) is 4.79. The lowest BCUT2D eigenvalue weighted by Gasteiger charge is -2.18. The zero-order chi connectivity index (χ0) is 19.7. The molecule has 2 saturated heterocycles. The first-order valence-corrected chi connectivity index (χ1v) is 9.81. The predicted molar refractivity (Wildman–Crippen MR) is 104 cm³/mol. The lowest BCUT2D eigenvalue weighted by molar-refractivity contribution is -0.135. The SMILES string of the molecule is O=C(CN1C(=O)S/C(=C\c2cccn2-c2ccc(F)cc2)C1=O)N1CCCC1. The molecule has 0 unspecified atom stereocenters. The second-order valence-electron chi connectivity index (χ2n) is 6.64. The van der Waals surface area contributed by atoms with E-state index in [0.717, 1.165) is 35.2 Å². The van der Waals surface area contributed by atoms with E-state index in [1.165, 1.54) is 12.1 Å². The second-order valence-corrected chi connectivity index (χ2v) is 7.63. The number of carbonyl (C=O) groups excluding carboxylic acids is 3. The molecular formula is C20H18FN3O3S. The van der Waals surface area contributed by atoms with Crippen LogP contribution < -0.4 is 0 Å². The lowest BCUT2D eigenvalue weighted by Crippen LogP contribution is -2.40. The highest BCUT2D eigenvalue weighted by Gasteiger charge is 2.37. The van der Waals surface area contributed by atoms with Crippen molar-refractivity contribution < 1.29 is 18.8 Å². The maximum absolute atomic E-state index is 13.2. The number of thioether (sulfide) groups is 1. The van der Waals surface area contributed by atoms with Crippen LogP contribution in [0.15, 0.2) is 47.5 Å². The van der Waals surface area contributed by atoms with Crippen molar-refractivity contribution in [1.82, 2.24) is 14.4 Å². The normalized spacial score (nSPS) is 18.5. The molecule has 1 aromatic carbocycles. The summed E-state index contributed by atoms with van der Waals surface area (Å²) in [6.07, 6.45) is 5.32. The number of benzene rings is 1. The summed E-state index contributed by atoms with van der Waals surface area (Å²) in [5.41, 5.74) is 1.42. The van der Waals surface area contributed by atoms with Crippen molar-refractivity contribution in [2.24, 2.45) is 0 Å². The molecule has 0 aliphatic carbocycles. The van der Waals surface area contributed by atoms with Crippen molar-refractivity contribution in [3.8, 4) is 5.69 Å². The molecule has 2 fully saturated rings. The van der Waals surface area contributed by atoms with E-state index < -0.39 is 11.1 Å². The second kappa shape index (κ2) is 7.63. The van der Waals surface area contributed by atoms with Crippen molar-refractivity contribution in [1.29, 1.82) is 0 Å². The van der Waals surface area contributed by atoms with Crippen LogP contribution in [0.3, 0.4) is 0 Å². The molecule has 28 heavy (non-hydrogen) atoms. The summed E-state index contributed by atoms with van der Waals surface area (Å²) >= 11 is 0.825. The van der Waals surface area contributed by atoms with Gasteiger partial charge in [0, 0.05) is 30.7 Å². The van der Waals surface area contributed by atoms with Gasteiger partial charge in [-0.05, 0) is 67.1 Å². The Hall–Kier alpha value is -2.87. The van der Waals surface area contributed by atoms with E-state index in [2.05, 4.69) is 0 Å². The standard InChI is InChI=1S/C20H18FN3O3S/c21-14-5-7-15(8-6-14)23-11-3-4-16(23)12-17-19(26)24(20(27)28-17)13-18(25)22-9-1-2-10-22/h3-8,11-12H,1-2,9-10,13H2/b17-12-. The van der Waals surface area contributed by atoms with Crippen LogP contribution in [-0.2, 0) is 9.59 Å². The van der Waals surface area contributed by atoms with Crippen molar-refractivity contribution in [3.05, 3.63) is 59.0 Å². The van der Waals surface area contributed by atoms with Gasteiger partial charge in [0.05, 0.1) is 4.91 Å². The molecule has 0 bridgehead atoms. The van der Waals surface area contributed by atoms with Gasteiger partial charge < -0.3 is 9.47 Å². The highest BCUT2D eigenvalue weighted by molar-refractivity contribution is 8.18. The third kappa shape index (κ3) is 3.60. The molecule has 0 spiro atoms. The number of hydrogen-bond donors (Lipinski definition) is 0. The van der Waals surface area contributed by atoms with Gasteiger partial charge >= 0.3 is 0 Å². The van der Waals surface area contributed by atoms with Crippen LogP contribution in [0.25, 0.3) is 11.8 Å². The molecule has 8 heteroatoms. The monoisotopic (exact) mass is 399 g/mol. The third-order valence-corrected chi connectivity index (χ3v) is 5.70. The van der Waals surface area contributed by atoms with Crippen LogP contribution in [0.5, 0.6) is 0 Å². The van der Waals surface area contributed by atoms with Gasteiger partial charge in [-0.25, -0.2) is 4.39 Å². The Bertz CT molecular complexity index is 961. The summed E-state index contributed by atoms with van der Waals surface area (Å²) < 4.78 is 15.0. The first kappa shape index (κ1) is 18.5. The molecule has 2 aliphatic rings. The summed E-state index contributed by atoms with van der Waals surface area (Å²) in [4.78, 5) is 40.2. The molecule has 3 heterocycles. The molecule has 0 radical (unpaired) electrons. The number of hydrogen-bond acceptors (Lipinski definition) is 4. The lowest BCUT2D eigenvalue weighted by atomic mass is 10.3. The number of carbonyl (C=O) groups is 3. The molecule has 144 valence electrons. The summed E-state index contributed by atoms with van der Waals surface area (Å²) in [5.74, 6) is -0.994. The molecule has 2 aromatic rings. The van der Waals surface area contributed by atoms with Crippen LogP contribution in [0.2, 0.25) is 0 Å². The number of rotatable bonds is 4. The summed E-state index contributed by atoms with van der Waals surface area (Å²) in [6, 6.07) is 9.58. The van der Waals surface area contributed by atoms with Crippen LogP contribution in [0, 0.1) is 5.82 Å². The van der Waals surface area contributed by atoms with Gasteiger partial charge in [-0.2, -0.15) is 0 Å². The van der Waals surface area contributed by atoms with E-state index in [1.807, 2.05) is 0 Å². The minimum atomic E-state index is -0.464. The quantitative estimate of drug-likeness (QED) is 0.741. The Morgan fingerprint density at radius 3 is 2.54 bits per heavy atom. The van der Waals surface area contributed by atoms with E-state index in [0.29, 0.717) is 18.8 Å². The maximum atomic E-state index is 13.2. The van der Waals surface area contributed by atoms with Gasteiger partial charge in [-0.1, -0.05) is 0 Å². The van der Waals surface area contributed by atoms with E-state index in [1.54, 1.807) is 46.0 Å². The summed E-state index contributed by atoms with van der Waals surface area (Å²) in [5, 5.41) is -0.441. The van der Waals surface area contributed by atoms with E-state index >= 15 is 0 Å². The van der Waals surface area contributed by atoms with Crippen LogP contribution in [0.1, 0.15) is 18.5 Å². The maximum Gasteiger partial charge on any atom is 0.294 e. The fourth-order valence-electron chi connectivity index (χ4n) is 3.32. The van der Waals surface area contributed by atoms with Gasteiger partial charge in [0.2, 0.25) is 5.91 Å². The van der Waals surface area contributed by atoms with Crippen molar-refractivity contribution in [2.75, 3.05) is 19.6 Å². The number of nitrogens with zero attached hydrogens (tertiary/aromatic N) is 3. The highest BCUT2D eigenvalue weighted by atomic mass is 32.2. The Balaban J connectivity index is 1.54. The van der Waals surface area contributed by atoms with Crippen LogP contribution >= 0.6 is 11.8 Å². The fourth-order valence-corrected chi connectivity index (χ4v) is 4.14. The van der Waals surface area contributed by atoms with Crippen molar-refractivity contribution in [3.63, 3.8) is 0 Å². The zero-order valence-corrected chi connectivity index (χ0v) is 15.8. The van der Waals surface area contributed by atoms with Gasteiger partial charge in [-0.3, -0.25) is 19.3 Å². The van der Waals surface area contributed by atoms with Gasteiger partial charge in [0.1, 0.15) is 12.4 Å². The molecule has 4 rings (SSSR count). The molecular weight excluding hydrogens is 381 g/mol. The average molecular weight is 399 g/mol. The van der Waals surface area contributed by atoms with E-state index in [-0.39, 0.29) is 23.2 Å². The highest BCUT2D eigenvalue weighted by Crippen LogP contribution is 2.32. The fraction of sp³-hybridized carbons (Fsp3) is 0.250. The molecule has 1 aromatic heterocycles. The van der Waals surface area contributed by atoms with Crippen molar-refractivity contribution >= 4 is 34.9 Å². The van der Waals surface area contributed by atoms with Gasteiger partial charge in [0.15, 0.2) is 0 Å². The number of likely N-dealkylation sites (tertiary alicyclic amines) is 1. The molecule has 0 saturated carbocycles. The zero-order valence-electron chi connectivity index (χ0n) is 15.0.